The van der Waals surface area contributed by atoms with Crippen LogP contribution in [0.15, 0.2) is 53.7 Å². The van der Waals surface area contributed by atoms with Crippen molar-refractivity contribution in [1.82, 2.24) is 15.6 Å². The minimum atomic E-state index is 0.554. The van der Waals surface area contributed by atoms with Crippen molar-refractivity contribution in [1.29, 1.82) is 0 Å². The van der Waals surface area contributed by atoms with E-state index >= 15 is 0 Å². The van der Waals surface area contributed by atoms with E-state index in [1.807, 2.05) is 55.6 Å². The first-order chi connectivity index (χ1) is 10.8. The summed E-state index contributed by atoms with van der Waals surface area (Å²) in [6.45, 7) is 4.20. The predicted molar refractivity (Wildman–Crippen MR) is 92.2 cm³/mol. The Morgan fingerprint density at radius 1 is 1.14 bits per heavy atom. The lowest BCUT2D eigenvalue weighted by atomic mass is 10.2. The highest BCUT2D eigenvalue weighted by Gasteiger charge is 2.01. The van der Waals surface area contributed by atoms with Gasteiger partial charge in [-0.2, -0.15) is 0 Å². The van der Waals surface area contributed by atoms with Crippen molar-refractivity contribution in [2.75, 3.05) is 13.1 Å². The number of nitrogens with zero attached hydrogens (tertiary/aromatic N) is 2. The highest BCUT2D eigenvalue weighted by atomic mass is 35.5. The zero-order valence-corrected chi connectivity index (χ0v) is 13.5. The summed E-state index contributed by atoms with van der Waals surface area (Å²) in [7, 11) is 0. The van der Waals surface area contributed by atoms with Gasteiger partial charge in [0.15, 0.2) is 5.96 Å². The van der Waals surface area contributed by atoms with Crippen LogP contribution in [0.2, 0.25) is 5.02 Å². The van der Waals surface area contributed by atoms with Crippen LogP contribution in [0.3, 0.4) is 0 Å². The average Bonchev–Trinajstić information content (AvgIpc) is 2.55. The Labute approximate surface area is 136 Å². The first-order valence-electron chi connectivity index (χ1n) is 7.45. The van der Waals surface area contributed by atoms with Gasteiger partial charge in [-0.25, -0.2) is 4.99 Å². The van der Waals surface area contributed by atoms with Crippen LogP contribution in [0, 0.1) is 0 Å². The van der Waals surface area contributed by atoms with Gasteiger partial charge in [0.1, 0.15) is 0 Å². The predicted octanol–water partition coefficient (Wildman–Crippen LogP) is 3.03. The summed E-state index contributed by atoms with van der Waals surface area (Å²) in [6.07, 6.45) is 2.67. The van der Waals surface area contributed by atoms with E-state index in [9.17, 15) is 0 Å². The highest BCUT2D eigenvalue weighted by Crippen LogP contribution is 2.15. The molecule has 0 aliphatic heterocycles. The lowest BCUT2D eigenvalue weighted by molar-refractivity contribution is 0.788. The van der Waals surface area contributed by atoms with Crippen molar-refractivity contribution in [3.63, 3.8) is 0 Å². The molecule has 0 bridgehead atoms. The fraction of sp³-hybridized carbons (Fsp3) is 0.294. The number of aromatic nitrogens is 1. The Morgan fingerprint density at radius 3 is 2.68 bits per heavy atom. The summed E-state index contributed by atoms with van der Waals surface area (Å²) >= 11 is 6.15. The number of benzene rings is 1. The Kier molecular flexibility index (Phi) is 6.71. The number of guanidine groups is 1. The van der Waals surface area contributed by atoms with E-state index in [4.69, 9.17) is 11.6 Å². The van der Waals surface area contributed by atoms with E-state index < -0.39 is 0 Å². The molecule has 0 atom stereocenters. The smallest absolute Gasteiger partial charge is 0.191 e. The van der Waals surface area contributed by atoms with E-state index in [0.717, 1.165) is 41.7 Å². The SMILES string of the molecule is CCNC(=NCc1ccccc1Cl)NCCc1ccccn1. The van der Waals surface area contributed by atoms with Crippen molar-refractivity contribution < 1.29 is 0 Å². The maximum absolute atomic E-state index is 6.15. The van der Waals surface area contributed by atoms with Crippen LogP contribution >= 0.6 is 11.6 Å². The molecule has 0 saturated carbocycles. The van der Waals surface area contributed by atoms with Gasteiger partial charge in [-0.3, -0.25) is 4.98 Å². The number of nitrogens with one attached hydrogen (secondary N) is 2. The molecule has 116 valence electrons. The van der Waals surface area contributed by atoms with E-state index in [-0.39, 0.29) is 0 Å². The molecule has 0 unspecified atom stereocenters. The maximum atomic E-state index is 6.15. The number of aliphatic imine (C=N–C) groups is 1. The van der Waals surface area contributed by atoms with Crippen molar-refractivity contribution >= 4 is 17.6 Å². The Balaban J connectivity index is 1.89. The molecule has 0 fully saturated rings. The number of hydrogen-bond acceptors (Lipinski definition) is 2. The van der Waals surface area contributed by atoms with Gasteiger partial charge in [-0.15, -0.1) is 0 Å². The van der Waals surface area contributed by atoms with Gasteiger partial charge in [0.25, 0.3) is 0 Å². The first kappa shape index (κ1) is 16.3. The third kappa shape index (κ3) is 5.37. The molecule has 22 heavy (non-hydrogen) atoms. The zero-order valence-electron chi connectivity index (χ0n) is 12.7. The third-order valence-electron chi connectivity index (χ3n) is 3.11. The van der Waals surface area contributed by atoms with Crippen LogP contribution in [0.25, 0.3) is 0 Å². The topological polar surface area (TPSA) is 49.3 Å². The molecule has 4 nitrogen and oxygen atoms in total. The zero-order chi connectivity index (χ0) is 15.6. The summed E-state index contributed by atoms with van der Waals surface area (Å²) in [6, 6.07) is 13.7. The normalized spacial score (nSPS) is 11.3. The van der Waals surface area contributed by atoms with Gasteiger partial charge in [0.05, 0.1) is 6.54 Å². The summed E-state index contributed by atoms with van der Waals surface area (Å²) in [4.78, 5) is 8.87. The van der Waals surface area contributed by atoms with Crippen LogP contribution in [0.5, 0.6) is 0 Å². The molecule has 2 rings (SSSR count). The van der Waals surface area contributed by atoms with Crippen LogP contribution in [-0.4, -0.2) is 24.0 Å². The van der Waals surface area contributed by atoms with Crippen molar-refractivity contribution in [2.24, 2.45) is 4.99 Å². The molecule has 0 saturated heterocycles. The van der Waals surface area contributed by atoms with Crippen LogP contribution in [0.1, 0.15) is 18.2 Å². The van der Waals surface area contributed by atoms with Gasteiger partial charge >= 0.3 is 0 Å². The summed E-state index contributed by atoms with van der Waals surface area (Å²) < 4.78 is 0. The van der Waals surface area contributed by atoms with Crippen LogP contribution < -0.4 is 10.6 Å². The largest absolute Gasteiger partial charge is 0.357 e. The molecule has 2 N–H and O–H groups in total. The monoisotopic (exact) mass is 316 g/mol. The fourth-order valence-corrected chi connectivity index (χ4v) is 2.18. The van der Waals surface area contributed by atoms with E-state index in [1.165, 1.54) is 0 Å². The highest BCUT2D eigenvalue weighted by molar-refractivity contribution is 6.31. The lowest BCUT2D eigenvalue weighted by Gasteiger charge is -2.11. The van der Waals surface area contributed by atoms with Gasteiger partial charge in [0, 0.05) is 36.4 Å². The summed E-state index contributed by atoms with van der Waals surface area (Å²) in [5.41, 5.74) is 2.09. The molecule has 0 aliphatic rings. The van der Waals surface area contributed by atoms with Gasteiger partial charge in [-0.05, 0) is 30.7 Å². The molecule has 1 heterocycles. The second-order valence-electron chi connectivity index (χ2n) is 4.78. The molecule has 2 aromatic rings. The molecule has 0 radical (unpaired) electrons. The van der Waals surface area contributed by atoms with Crippen molar-refractivity contribution in [3.8, 4) is 0 Å². The lowest BCUT2D eigenvalue weighted by Crippen LogP contribution is -2.38. The van der Waals surface area contributed by atoms with E-state index in [2.05, 4.69) is 20.6 Å². The number of hydrogen-bond donors (Lipinski definition) is 2. The van der Waals surface area contributed by atoms with Crippen molar-refractivity contribution in [2.45, 2.75) is 19.9 Å². The quantitative estimate of drug-likeness (QED) is 0.636. The molecule has 0 aliphatic carbocycles. The fourth-order valence-electron chi connectivity index (χ4n) is 1.99. The molecule has 0 spiro atoms. The van der Waals surface area contributed by atoms with E-state index in [0.29, 0.717) is 6.54 Å². The minimum absolute atomic E-state index is 0.554. The third-order valence-corrected chi connectivity index (χ3v) is 3.48. The van der Waals surface area contributed by atoms with Gasteiger partial charge < -0.3 is 10.6 Å². The van der Waals surface area contributed by atoms with Gasteiger partial charge in [-0.1, -0.05) is 35.9 Å². The Hall–Kier alpha value is -2.07. The minimum Gasteiger partial charge on any atom is -0.357 e. The van der Waals surface area contributed by atoms with Crippen LogP contribution in [0.4, 0.5) is 0 Å². The molecular formula is C17H21ClN4. The molecule has 5 heteroatoms. The second kappa shape index (κ2) is 9.05. The molecule has 0 amide bonds. The standard InChI is InChI=1S/C17H21ClN4/c1-2-19-17(21-12-10-15-8-5-6-11-20-15)22-13-14-7-3-4-9-16(14)18/h3-9,11H,2,10,12-13H2,1H3,(H2,19,21,22). The first-order valence-corrected chi connectivity index (χ1v) is 7.83. The summed E-state index contributed by atoms with van der Waals surface area (Å²) in [5, 5.41) is 7.29. The molecular weight excluding hydrogens is 296 g/mol. The van der Waals surface area contributed by atoms with Crippen molar-refractivity contribution in [3.05, 3.63) is 64.9 Å². The Bertz CT molecular complexity index is 599. The Morgan fingerprint density at radius 2 is 1.95 bits per heavy atom. The second-order valence-corrected chi connectivity index (χ2v) is 5.19. The number of pyridine rings is 1. The molecule has 1 aromatic carbocycles. The van der Waals surface area contributed by atoms with E-state index in [1.54, 1.807) is 0 Å². The average molecular weight is 317 g/mol. The van der Waals surface area contributed by atoms with Gasteiger partial charge in [0.2, 0.25) is 0 Å². The molecule has 1 aromatic heterocycles. The summed E-state index contributed by atoms with van der Waals surface area (Å²) in [5.74, 6) is 0.790. The van der Waals surface area contributed by atoms with Crippen LogP contribution in [-0.2, 0) is 13.0 Å². The maximum Gasteiger partial charge on any atom is 0.191 e. The number of halogens is 1. The number of rotatable bonds is 6.